The van der Waals surface area contributed by atoms with E-state index in [2.05, 4.69) is 20.6 Å². The number of methoxy groups -OCH3 is 1. The largest absolute Gasteiger partial charge is 0.497 e. The molecular weight excluding hydrogens is 456 g/mol. The predicted molar refractivity (Wildman–Crippen MR) is 127 cm³/mol. The summed E-state index contributed by atoms with van der Waals surface area (Å²) >= 11 is 6.23. The molecule has 1 heterocycles. The van der Waals surface area contributed by atoms with Gasteiger partial charge in [0.15, 0.2) is 0 Å². The lowest BCUT2D eigenvalue weighted by molar-refractivity contribution is -0.125. The Bertz CT molecular complexity index is 1140. The molecule has 2 amide bonds. The molecular formula is C25H25ClN4O4. The molecule has 1 aliphatic rings. The number of carbonyl (C=O) groups is 2. The van der Waals surface area contributed by atoms with Gasteiger partial charge in [-0.2, -0.15) is 0 Å². The van der Waals surface area contributed by atoms with Gasteiger partial charge in [0.2, 0.25) is 5.91 Å². The maximum atomic E-state index is 12.9. The van der Waals surface area contributed by atoms with E-state index in [-0.39, 0.29) is 17.7 Å². The first-order valence-corrected chi connectivity index (χ1v) is 11.3. The van der Waals surface area contributed by atoms with Crippen LogP contribution in [0.3, 0.4) is 0 Å². The molecule has 0 spiro atoms. The van der Waals surface area contributed by atoms with E-state index < -0.39 is 6.04 Å². The molecule has 2 N–H and O–H groups in total. The van der Waals surface area contributed by atoms with Crippen molar-refractivity contribution in [3.05, 3.63) is 77.3 Å². The van der Waals surface area contributed by atoms with Crippen molar-refractivity contribution in [2.75, 3.05) is 7.11 Å². The van der Waals surface area contributed by atoms with Gasteiger partial charge in [0.25, 0.3) is 5.91 Å². The first kappa shape index (κ1) is 23.5. The average molecular weight is 481 g/mol. The van der Waals surface area contributed by atoms with Crippen molar-refractivity contribution in [1.82, 2.24) is 20.6 Å². The van der Waals surface area contributed by atoms with E-state index in [0.29, 0.717) is 34.4 Å². The van der Waals surface area contributed by atoms with Crippen molar-refractivity contribution in [2.45, 2.75) is 31.8 Å². The first-order chi connectivity index (χ1) is 16.5. The van der Waals surface area contributed by atoms with Gasteiger partial charge in [0, 0.05) is 25.0 Å². The molecule has 2 aromatic carbocycles. The highest BCUT2D eigenvalue weighted by Crippen LogP contribution is 2.32. The summed E-state index contributed by atoms with van der Waals surface area (Å²) in [5.41, 5.74) is 1.23. The summed E-state index contributed by atoms with van der Waals surface area (Å²) in [4.78, 5) is 33.2. The Morgan fingerprint density at radius 3 is 2.41 bits per heavy atom. The molecule has 0 radical (unpaired) electrons. The lowest BCUT2D eigenvalue weighted by atomic mass is 9.79. The highest BCUT2D eigenvalue weighted by molar-refractivity contribution is 6.32. The fourth-order valence-electron chi connectivity index (χ4n) is 3.60. The number of rotatable bonds is 9. The summed E-state index contributed by atoms with van der Waals surface area (Å²) in [5.74, 6) is 1.35. The molecule has 9 heteroatoms. The summed E-state index contributed by atoms with van der Waals surface area (Å²) in [6.45, 7) is 0.329. The highest BCUT2D eigenvalue weighted by atomic mass is 35.5. The van der Waals surface area contributed by atoms with Crippen LogP contribution in [-0.4, -0.2) is 34.9 Å². The van der Waals surface area contributed by atoms with Crippen LogP contribution in [0.15, 0.2) is 61.2 Å². The van der Waals surface area contributed by atoms with Crippen molar-refractivity contribution < 1.29 is 19.1 Å². The van der Waals surface area contributed by atoms with Crippen molar-refractivity contribution in [2.24, 2.45) is 5.92 Å². The number of ether oxygens (including phenoxy) is 2. The molecule has 1 aromatic heterocycles. The molecule has 176 valence electrons. The van der Waals surface area contributed by atoms with Crippen LogP contribution in [0.25, 0.3) is 0 Å². The van der Waals surface area contributed by atoms with Crippen LogP contribution in [0.2, 0.25) is 5.02 Å². The minimum absolute atomic E-state index is 0.124. The molecule has 1 atom stereocenters. The van der Waals surface area contributed by atoms with Crippen molar-refractivity contribution in [1.29, 1.82) is 0 Å². The second-order valence-electron chi connectivity index (χ2n) is 8.03. The monoisotopic (exact) mass is 480 g/mol. The number of aromatic nitrogens is 2. The normalized spacial score (nSPS) is 13.9. The molecule has 1 unspecified atom stereocenters. The van der Waals surface area contributed by atoms with Gasteiger partial charge >= 0.3 is 0 Å². The fraction of sp³-hybridized carbons (Fsp3) is 0.280. The molecule has 8 nitrogen and oxygen atoms in total. The van der Waals surface area contributed by atoms with Crippen LogP contribution >= 0.6 is 11.6 Å². The molecule has 34 heavy (non-hydrogen) atoms. The maximum absolute atomic E-state index is 12.9. The minimum atomic E-state index is -0.596. The maximum Gasteiger partial charge on any atom is 0.255 e. The lowest BCUT2D eigenvalue weighted by Gasteiger charge is -2.33. The third-order valence-corrected chi connectivity index (χ3v) is 6.07. The van der Waals surface area contributed by atoms with Gasteiger partial charge in [-0.3, -0.25) is 9.59 Å². The Hall–Kier alpha value is -3.65. The van der Waals surface area contributed by atoms with Gasteiger partial charge in [0.1, 0.15) is 29.6 Å². The Kier molecular flexibility index (Phi) is 7.59. The number of nitrogens with one attached hydrogen (secondary N) is 2. The summed E-state index contributed by atoms with van der Waals surface area (Å²) in [5, 5.41) is 6.23. The smallest absolute Gasteiger partial charge is 0.255 e. The second-order valence-corrected chi connectivity index (χ2v) is 8.44. The van der Waals surface area contributed by atoms with E-state index in [1.807, 2.05) is 24.3 Å². The average Bonchev–Trinajstić information content (AvgIpc) is 2.83. The predicted octanol–water partition coefficient (Wildman–Crippen LogP) is 4.15. The van der Waals surface area contributed by atoms with Gasteiger partial charge in [-0.25, -0.2) is 9.97 Å². The van der Waals surface area contributed by atoms with E-state index >= 15 is 0 Å². The van der Waals surface area contributed by atoms with Gasteiger partial charge in [-0.1, -0.05) is 30.2 Å². The number of benzene rings is 2. The number of hydrogen-bond acceptors (Lipinski definition) is 6. The first-order valence-electron chi connectivity index (χ1n) is 11.0. The van der Waals surface area contributed by atoms with Gasteiger partial charge < -0.3 is 20.1 Å². The van der Waals surface area contributed by atoms with E-state index in [0.717, 1.165) is 24.8 Å². The molecule has 0 bridgehead atoms. The Morgan fingerprint density at radius 1 is 1.09 bits per heavy atom. The second kappa shape index (κ2) is 11.0. The molecule has 1 saturated carbocycles. The van der Waals surface area contributed by atoms with Crippen LogP contribution in [0.1, 0.15) is 35.2 Å². The van der Waals surface area contributed by atoms with E-state index in [4.69, 9.17) is 21.1 Å². The standard InChI is InChI=1S/C25H25ClN4O4/c1-33-20-9-10-22(21(26)11-20)34-19-7-5-16(6-8-19)12-29-25(32)23(17-3-2-4-17)30-24(31)18-13-27-15-28-14-18/h5-11,13-15,17,23H,2-4,12H2,1H3,(H,29,32)(H,30,31). The van der Waals surface area contributed by atoms with Crippen LogP contribution < -0.4 is 20.1 Å². The topological polar surface area (TPSA) is 102 Å². The van der Waals surface area contributed by atoms with Gasteiger partial charge in [-0.15, -0.1) is 0 Å². The van der Waals surface area contributed by atoms with E-state index in [9.17, 15) is 9.59 Å². The van der Waals surface area contributed by atoms with E-state index in [1.165, 1.54) is 18.7 Å². The summed E-state index contributed by atoms with van der Waals surface area (Å²) in [6, 6.07) is 11.9. The highest BCUT2D eigenvalue weighted by Gasteiger charge is 2.34. The molecule has 0 saturated heterocycles. The summed E-state index contributed by atoms with van der Waals surface area (Å²) < 4.78 is 11.0. The third-order valence-electron chi connectivity index (χ3n) is 5.77. The molecule has 1 aliphatic carbocycles. The number of hydrogen-bond donors (Lipinski definition) is 2. The number of amides is 2. The summed E-state index contributed by atoms with van der Waals surface area (Å²) in [6.07, 6.45) is 7.09. The third kappa shape index (κ3) is 5.82. The Morgan fingerprint density at radius 2 is 1.79 bits per heavy atom. The van der Waals surface area contributed by atoms with Gasteiger partial charge in [-0.05, 0) is 48.6 Å². The van der Waals surface area contributed by atoms with Crippen molar-refractivity contribution in [3.63, 3.8) is 0 Å². The zero-order valence-corrected chi connectivity index (χ0v) is 19.4. The number of nitrogens with zero attached hydrogens (tertiary/aromatic N) is 2. The fourth-order valence-corrected chi connectivity index (χ4v) is 3.81. The van der Waals surface area contributed by atoms with Crippen LogP contribution in [0.4, 0.5) is 0 Å². The van der Waals surface area contributed by atoms with Crippen LogP contribution in [0.5, 0.6) is 17.2 Å². The zero-order chi connectivity index (χ0) is 23.9. The molecule has 4 rings (SSSR count). The van der Waals surface area contributed by atoms with Crippen LogP contribution in [0, 0.1) is 5.92 Å². The van der Waals surface area contributed by atoms with E-state index in [1.54, 1.807) is 25.3 Å². The molecule has 1 fully saturated rings. The minimum Gasteiger partial charge on any atom is -0.497 e. The SMILES string of the molecule is COc1ccc(Oc2ccc(CNC(=O)C(NC(=O)c3cncnc3)C3CCC3)cc2)c(Cl)c1. The zero-order valence-electron chi connectivity index (χ0n) is 18.7. The summed E-state index contributed by atoms with van der Waals surface area (Å²) in [7, 11) is 1.57. The van der Waals surface area contributed by atoms with Crippen LogP contribution in [-0.2, 0) is 11.3 Å². The molecule has 3 aromatic rings. The van der Waals surface area contributed by atoms with Gasteiger partial charge in [0.05, 0.1) is 17.7 Å². The number of carbonyl (C=O) groups excluding carboxylic acids is 2. The quantitative estimate of drug-likeness (QED) is 0.477. The number of halogens is 1. The Balaban J connectivity index is 1.34. The van der Waals surface area contributed by atoms with Crippen molar-refractivity contribution >= 4 is 23.4 Å². The Labute approximate surface area is 202 Å². The van der Waals surface area contributed by atoms with Crippen molar-refractivity contribution in [3.8, 4) is 17.2 Å². The molecule has 0 aliphatic heterocycles. The lowest BCUT2D eigenvalue weighted by Crippen LogP contribution is -2.52.